The van der Waals surface area contributed by atoms with Crippen LogP contribution in [-0.4, -0.2) is 14.6 Å². The number of hydrogen-bond acceptors (Lipinski definition) is 3. The summed E-state index contributed by atoms with van der Waals surface area (Å²) in [6.07, 6.45) is 6.35. The van der Waals surface area contributed by atoms with Gasteiger partial charge in [-0.25, -0.2) is 0 Å². The first-order valence-corrected chi connectivity index (χ1v) is 11.7. The summed E-state index contributed by atoms with van der Waals surface area (Å²) in [4.78, 5) is 16.6. The summed E-state index contributed by atoms with van der Waals surface area (Å²) in [6.45, 7) is 0. The van der Waals surface area contributed by atoms with Gasteiger partial charge in [-0.15, -0.1) is 0 Å². The number of nitrogens with one attached hydrogen (secondary N) is 1. The van der Waals surface area contributed by atoms with E-state index < -0.39 is 0 Å². The number of nitriles is 1. The van der Waals surface area contributed by atoms with E-state index in [0.29, 0.717) is 28.4 Å². The van der Waals surface area contributed by atoms with Crippen LogP contribution in [0.1, 0.15) is 78.7 Å². The van der Waals surface area contributed by atoms with Crippen LogP contribution < -0.4 is 5.56 Å². The van der Waals surface area contributed by atoms with Gasteiger partial charge in [0.25, 0.3) is 5.56 Å². The lowest BCUT2D eigenvalue weighted by atomic mass is 9.77. The van der Waals surface area contributed by atoms with E-state index in [1.165, 1.54) is 28.5 Å². The van der Waals surface area contributed by atoms with Crippen molar-refractivity contribution in [3.8, 4) is 6.07 Å². The molecular formula is C26H23ClN4O. The predicted molar refractivity (Wildman–Crippen MR) is 125 cm³/mol. The predicted octanol–water partition coefficient (Wildman–Crippen LogP) is 6.02. The number of halogens is 1. The lowest BCUT2D eigenvalue weighted by Crippen LogP contribution is -2.16. The van der Waals surface area contributed by atoms with Crippen molar-refractivity contribution in [2.75, 3.05) is 0 Å². The van der Waals surface area contributed by atoms with Crippen molar-refractivity contribution >= 4 is 28.2 Å². The van der Waals surface area contributed by atoms with E-state index in [9.17, 15) is 10.1 Å². The summed E-state index contributed by atoms with van der Waals surface area (Å²) in [5.41, 5.74) is 4.93. The number of aromatic nitrogens is 3. The molecular weight excluding hydrogens is 420 g/mol. The third kappa shape index (κ3) is 3.22. The molecule has 0 atom stereocenters. The molecule has 1 N–H and O–H groups in total. The highest BCUT2D eigenvalue weighted by molar-refractivity contribution is 6.30. The highest BCUT2D eigenvalue weighted by atomic mass is 35.5. The molecule has 2 fully saturated rings. The summed E-state index contributed by atoms with van der Waals surface area (Å²) in [7, 11) is 0. The Balaban J connectivity index is 1.36. The molecule has 6 rings (SSSR count). The fourth-order valence-corrected chi connectivity index (χ4v) is 5.41. The van der Waals surface area contributed by atoms with Crippen molar-refractivity contribution in [1.29, 1.82) is 5.26 Å². The number of nitrogens with zero attached hydrogens (tertiary/aromatic N) is 3. The first-order valence-electron chi connectivity index (χ1n) is 11.4. The van der Waals surface area contributed by atoms with Gasteiger partial charge in [0.1, 0.15) is 11.6 Å². The zero-order chi connectivity index (χ0) is 21.8. The Kier molecular flexibility index (Phi) is 4.58. The largest absolute Gasteiger partial charge is 0.338 e. The monoisotopic (exact) mass is 442 g/mol. The molecule has 2 saturated carbocycles. The maximum absolute atomic E-state index is 13.3. The van der Waals surface area contributed by atoms with Crippen LogP contribution >= 0.6 is 11.6 Å². The summed E-state index contributed by atoms with van der Waals surface area (Å²) in [5.74, 6) is 1.26. The van der Waals surface area contributed by atoms with Crippen molar-refractivity contribution in [1.82, 2.24) is 14.6 Å². The Hall–Kier alpha value is -3.10. The van der Waals surface area contributed by atoms with Crippen LogP contribution in [0.2, 0.25) is 5.02 Å². The van der Waals surface area contributed by atoms with Crippen LogP contribution in [0.5, 0.6) is 0 Å². The fourth-order valence-electron chi connectivity index (χ4n) is 5.29. The van der Waals surface area contributed by atoms with Crippen molar-refractivity contribution in [3.63, 3.8) is 0 Å². The van der Waals surface area contributed by atoms with Crippen LogP contribution in [0.3, 0.4) is 0 Å². The molecule has 160 valence electrons. The summed E-state index contributed by atoms with van der Waals surface area (Å²) >= 11 is 6.03. The van der Waals surface area contributed by atoms with Gasteiger partial charge in [-0.05, 0) is 85.8 Å². The SMILES string of the molecule is N#Cc1c(C2CCC(c3ccc(Cl)cc3)CC2)nn2c(=O)c3cc(C4CC4)ccc3[nH]c12. The molecule has 2 aliphatic carbocycles. The molecule has 0 spiro atoms. The molecule has 5 nitrogen and oxygen atoms in total. The fraction of sp³-hybridized carbons (Fsp3) is 0.346. The Morgan fingerprint density at radius 1 is 0.938 bits per heavy atom. The number of H-pyrrole nitrogens is 1. The van der Waals surface area contributed by atoms with E-state index in [4.69, 9.17) is 11.6 Å². The normalized spacial score (nSPS) is 21.1. The second kappa shape index (κ2) is 7.50. The number of benzene rings is 2. The zero-order valence-electron chi connectivity index (χ0n) is 17.6. The van der Waals surface area contributed by atoms with E-state index in [1.807, 2.05) is 24.3 Å². The Bertz CT molecular complexity index is 1430. The van der Waals surface area contributed by atoms with Crippen LogP contribution in [0.25, 0.3) is 16.6 Å². The van der Waals surface area contributed by atoms with E-state index in [1.54, 1.807) is 0 Å². The first kappa shape index (κ1) is 19.6. The maximum Gasteiger partial charge on any atom is 0.282 e. The second-order valence-electron chi connectivity index (χ2n) is 9.24. The van der Waals surface area contributed by atoms with Gasteiger partial charge in [0.2, 0.25) is 0 Å². The summed E-state index contributed by atoms with van der Waals surface area (Å²) in [6, 6.07) is 16.5. The van der Waals surface area contributed by atoms with Crippen molar-refractivity contribution in [2.24, 2.45) is 0 Å². The molecule has 0 saturated heterocycles. The maximum atomic E-state index is 13.3. The van der Waals surface area contributed by atoms with E-state index in [-0.39, 0.29) is 11.5 Å². The van der Waals surface area contributed by atoms with E-state index >= 15 is 0 Å². The van der Waals surface area contributed by atoms with Gasteiger partial charge in [-0.1, -0.05) is 29.8 Å². The van der Waals surface area contributed by atoms with Gasteiger partial charge in [-0.2, -0.15) is 14.9 Å². The van der Waals surface area contributed by atoms with Crippen molar-refractivity contribution < 1.29 is 0 Å². The molecule has 2 heterocycles. The molecule has 0 aliphatic heterocycles. The molecule has 32 heavy (non-hydrogen) atoms. The highest BCUT2D eigenvalue weighted by Gasteiger charge is 2.29. The van der Waals surface area contributed by atoms with Crippen LogP contribution in [-0.2, 0) is 0 Å². The van der Waals surface area contributed by atoms with E-state index in [2.05, 4.69) is 34.4 Å². The number of hydrogen-bond donors (Lipinski definition) is 1. The van der Waals surface area contributed by atoms with Gasteiger partial charge in [0, 0.05) is 10.9 Å². The molecule has 0 bridgehead atoms. The third-order valence-corrected chi connectivity index (χ3v) is 7.50. The Labute approximate surface area is 190 Å². The van der Waals surface area contributed by atoms with Gasteiger partial charge in [-0.3, -0.25) is 4.79 Å². The minimum Gasteiger partial charge on any atom is -0.338 e. The molecule has 0 amide bonds. The van der Waals surface area contributed by atoms with Crippen molar-refractivity contribution in [3.05, 3.63) is 80.2 Å². The van der Waals surface area contributed by atoms with Gasteiger partial charge >= 0.3 is 0 Å². The molecule has 0 radical (unpaired) electrons. The highest BCUT2D eigenvalue weighted by Crippen LogP contribution is 2.42. The van der Waals surface area contributed by atoms with Crippen molar-refractivity contribution in [2.45, 2.75) is 56.3 Å². The minimum atomic E-state index is -0.145. The molecule has 2 aliphatic rings. The standard InChI is InChI=1S/C26H23ClN4O/c27-20-10-7-16(8-11-20)15-3-5-18(6-4-15)24-22(14-28)25-29-23-12-9-19(17-1-2-17)13-21(23)26(32)31(25)30-24/h7-13,15,17-18,29H,1-6H2. The smallest absolute Gasteiger partial charge is 0.282 e. The number of fused-ring (bicyclic) bond motifs is 2. The minimum absolute atomic E-state index is 0.145. The molecule has 6 heteroatoms. The number of aromatic amines is 1. The molecule has 0 unspecified atom stereocenters. The number of rotatable bonds is 3. The van der Waals surface area contributed by atoms with Crippen LogP contribution in [0.4, 0.5) is 0 Å². The van der Waals surface area contributed by atoms with Crippen LogP contribution in [0.15, 0.2) is 47.3 Å². The Morgan fingerprint density at radius 2 is 1.56 bits per heavy atom. The molecule has 4 aromatic rings. The molecule has 2 aromatic heterocycles. The average Bonchev–Trinajstić information content (AvgIpc) is 3.61. The summed E-state index contributed by atoms with van der Waals surface area (Å²) in [5, 5.41) is 16.0. The Morgan fingerprint density at radius 3 is 2.25 bits per heavy atom. The molecule has 2 aromatic carbocycles. The quantitative estimate of drug-likeness (QED) is 0.421. The first-order chi connectivity index (χ1) is 15.6. The lowest BCUT2D eigenvalue weighted by molar-refractivity contribution is 0.390. The van der Waals surface area contributed by atoms with Gasteiger partial charge < -0.3 is 4.98 Å². The van der Waals surface area contributed by atoms with Gasteiger partial charge in [0.05, 0.1) is 16.6 Å². The zero-order valence-corrected chi connectivity index (χ0v) is 18.4. The van der Waals surface area contributed by atoms with Gasteiger partial charge in [0.15, 0.2) is 5.65 Å². The summed E-state index contributed by atoms with van der Waals surface area (Å²) < 4.78 is 1.41. The lowest BCUT2D eigenvalue weighted by Gasteiger charge is -2.28. The third-order valence-electron chi connectivity index (χ3n) is 7.25. The topological polar surface area (TPSA) is 74.0 Å². The second-order valence-corrected chi connectivity index (χ2v) is 9.68. The van der Waals surface area contributed by atoms with Crippen LogP contribution in [0, 0.1) is 11.3 Å². The average molecular weight is 443 g/mol. The van der Waals surface area contributed by atoms with E-state index in [0.717, 1.165) is 41.9 Å².